The number of nitrogens with one attached hydrogen (secondary N) is 1. The maximum Gasteiger partial charge on any atom is 0.142 e. The molecule has 5 heteroatoms. The van der Waals surface area contributed by atoms with E-state index in [1.807, 2.05) is 13.0 Å². The van der Waals surface area contributed by atoms with E-state index in [2.05, 4.69) is 26.2 Å². The molecule has 2 aromatic rings. The number of pyridine rings is 1. The van der Waals surface area contributed by atoms with E-state index in [9.17, 15) is 4.39 Å². The Labute approximate surface area is 118 Å². The largest absolute Gasteiger partial charge is 0.377 e. The third-order valence-electron chi connectivity index (χ3n) is 2.53. The van der Waals surface area contributed by atoms with Gasteiger partial charge in [-0.3, -0.25) is 4.98 Å². The summed E-state index contributed by atoms with van der Waals surface area (Å²) in [5.74, 6) is -0.407. The van der Waals surface area contributed by atoms with E-state index in [1.54, 1.807) is 24.5 Å². The molecule has 0 aliphatic carbocycles. The molecule has 0 spiro atoms. The number of hydrogen-bond donors (Lipinski definition) is 1. The Bertz CT molecular complexity index is 562. The number of benzene rings is 1. The topological polar surface area (TPSA) is 24.9 Å². The van der Waals surface area contributed by atoms with Crippen LogP contribution in [0.5, 0.6) is 0 Å². The lowest BCUT2D eigenvalue weighted by Gasteiger charge is -2.15. The van der Waals surface area contributed by atoms with E-state index in [-0.39, 0.29) is 11.1 Å². The lowest BCUT2D eigenvalue weighted by molar-refractivity contribution is 0.624. The van der Waals surface area contributed by atoms with E-state index in [0.29, 0.717) is 0 Å². The Morgan fingerprint density at radius 3 is 2.78 bits per heavy atom. The molecule has 2 rings (SSSR count). The lowest BCUT2D eigenvalue weighted by atomic mass is 10.1. The van der Waals surface area contributed by atoms with Gasteiger partial charge in [0.1, 0.15) is 5.82 Å². The third-order valence-corrected chi connectivity index (χ3v) is 3.27. The summed E-state index contributed by atoms with van der Waals surface area (Å²) in [7, 11) is 0. The number of hydrogen-bond acceptors (Lipinski definition) is 2. The summed E-state index contributed by atoms with van der Waals surface area (Å²) < 4.78 is 14.3. The van der Waals surface area contributed by atoms with Gasteiger partial charge in [0.2, 0.25) is 0 Å². The molecule has 0 radical (unpaired) electrons. The first kappa shape index (κ1) is 13.3. The van der Waals surface area contributed by atoms with Crippen LogP contribution in [0.1, 0.15) is 18.5 Å². The van der Waals surface area contributed by atoms with Crippen molar-refractivity contribution in [2.75, 3.05) is 5.32 Å². The predicted molar refractivity (Wildman–Crippen MR) is 75.4 cm³/mol. The fraction of sp³-hybridized carbons (Fsp3) is 0.154. The van der Waals surface area contributed by atoms with Gasteiger partial charge >= 0.3 is 0 Å². The van der Waals surface area contributed by atoms with Crippen LogP contribution in [0.15, 0.2) is 41.1 Å². The minimum atomic E-state index is -0.407. The number of rotatable bonds is 3. The van der Waals surface area contributed by atoms with Gasteiger partial charge in [0, 0.05) is 16.7 Å². The molecular weight excluding hydrogens is 319 g/mol. The molecule has 18 heavy (non-hydrogen) atoms. The molecule has 0 saturated carbocycles. The quantitative estimate of drug-likeness (QED) is 0.874. The van der Waals surface area contributed by atoms with E-state index in [1.165, 1.54) is 6.07 Å². The van der Waals surface area contributed by atoms with Crippen molar-refractivity contribution in [3.05, 3.63) is 57.5 Å². The van der Waals surface area contributed by atoms with Crippen molar-refractivity contribution >= 4 is 33.2 Å². The number of anilines is 1. The number of nitrogens with zero attached hydrogens (tertiary/aromatic N) is 1. The summed E-state index contributed by atoms with van der Waals surface area (Å²) in [5.41, 5.74) is 1.70. The fourth-order valence-corrected chi connectivity index (χ4v) is 2.09. The van der Waals surface area contributed by atoms with E-state index in [0.717, 1.165) is 15.7 Å². The highest BCUT2D eigenvalue weighted by atomic mass is 79.9. The molecule has 1 atom stereocenters. The Morgan fingerprint density at radius 1 is 1.33 bits per heavy atom. The van der Waals surface area contributed by atoms with Crippen LogP contribution in [-0.2, 0) is 0 Å². The Balaban J connectivity index is 2.16. The second-order valence-electron chi connectivity index (χ2n) is 3.93. The van der Waals surface area contributed by atoms with Crippen LogP contribution in [0, 0.1) is 5.82 Å². The summed E-state index contributed by atoms with van der Waals surface area (Å²) in [6.07, 6.45) is 3.42. The molecule has 0 fully saturated rings. The van der Waals surface area contributed by atoms with Gasteiger partial charge in [0.05, 0.1) is 16.9 Å². The summed E-state index contributed by atoms with van der Waals surface area (Å²) in [6.45, 7) is 1.95. The Morgan fingerprint density at radius 2 is 2.11 bits per heavy atom. The van der Waals surface area contributed by atoms with Crippen LogP contribution in [0.4, 0.5) is 10.1 Å². The van der Waals surface area contributed by atoms with Crippen LogP contribution in [0.3, 0.4) is 0 Å². The van der Waals surface area contributed by atoms with Gasteiger partial charge in [0.15, 0.2) is 0 Å². The summed E-state index contributed by atoms with van der Waals surface area (Å²) in [5, 5.41) is 3.38. The monoisotopic (exact) mass is 328 g/mol. The second-order valence-corrected chi connectivity index (χ2v) is 5.25. The van der Waals surface area contributed by atoms with Gasteiger partial charge in [-0.05, 0) is 46.6 Å². The standard InChI is InChI=1S/C13H11BrClFN2/c1-8(9-2-3-12(15)13(16)4-9)18-11-5-10(14)6-17-7-11/h2-8,18H,1H3. The smallest absolute Gasteiger partial charge is 0.142 e. The number of aromatic nitrogens is 1. The first-order chi connectivity index (χ1) is 8.56. The van der Waals surface area contributed by atoms with Crippen molar-refractivity contribution < 1.29 is 4.39 Å². The highest BCUT2D eigenvalue weighted by molar-refractivity contribution is 9.10. The average Bonchev–Trinajstić information content (AvgIpc) is 2.32. The van der Waals surface area contributed by atoms with Crippen LogP contribution in [0.2, 0.25) is 5.02 Å². The molecule has 0 bridgehead atoms. The minimum Gasteiger partial charge on any atom is -0.377 e. The van der Waals surface area contributed by atoms with Gasteiger partial charge in [-0.15, -0.1) is 0 Å². The van der Waals surface area contributed by atoms with Gasteiger partial charge < -0.3 is 5.32 Å². The first-order valence-corrected chi connectivity index (χ1v) is 6.55. The maximum atomic E-state index is 13.4. The number of halogens is 3. The molecule has 0 aliphatic rings. The molecule has 1 N–H and O–H groups in total. The SMILES string of the molecule is CC(Nc1cncc(Br)c1)c1ccc(Cl)c(F)c1. The minimum absolute atomic E-state index is 0.0344. The van der Waals surface area contributed by atoms with E-state index in [4.69, 9.17) is 11.6 Å². The Hall–Kier alpha value is -1.13. The van der Waals surface area contributed by atoms with Crippen LogP contribution in [0.25, 0.3) is 0 Å². The highest BCUT2D eigenvalue weighted by Crippen LogP contribution is 2.24. The van der Waals surface area contributed by atoms with Crippen LogP contribution >= 0.6 is 27.5 Å². The highest BCUT2D eigenvalue weighted by Gasteiger charge is 2.08. The van der Waals surface area contributed by atoms with Crippen molar-refractivity contribution in [3.8, 4) is 0 Å². The second kappa shape index (κ2) is 5.67. The molecule has 2 nitrogen and oxygen atoms in total. The van der Waals surface area contributed by atoms with Gasteiger partial charge in [0.25, 0.3) is 0 Å². The molecule has 0 saturated heterocycles. The third kappa shape index (κ3) is 3.21. The molecule has 1 heterocycles. The van der Waals surface area contributed by atoms with Crippen LogP contribution in [-0.4, -0.2) is 4.98 Å². The van der Waals surface area contributed by atoms with E-state index >= 15 is 0 Å². The predicted octanol–water partition coefficient (Wildman–Crippen LogP) is 4.81. The molecule has 1 aromatic heterocycles. The normalized spacial score (nSPS) is 12.2. The fourth-order valence-electron chi connectivity index (χ4n) is 1.61. The van der Waals surface area contributed by atoms with Gasteiger partial charge in [-0.2, -0.15) is 0 Å². The molecule has 0 amide bonds. The maximum absolute atomic E-state index is 13.4. The molecule has 94 valence electrons. The zero-order valence-electron chi connectivity index (χ0n) is 9.62. The molecule has 0 aliphatic heterocycles. The van der Waals surface area contributed by atoms with Crippen molar-refractivity contribution in [2.45, 2.75) is 13.0 Å². The van der Waals surface area contributed by atoms with Crippen molar-refractivity contribution in [2.24, 2.45) is 0 Å². The Kier molecular flexibility index (Phi) is 4.19. The first-order valence-electron chi connectivity index (χ1n) is 5.38. The average molecular weight is 330 g/mol. The van der Waals surface area contributed by atoms with Crippen molar-refractivity contribution in [1.82, 2.24) is 4.98 Å². The zero-order chi connectivity index (χ0) is 13.1. The van der Waals surface area contributed by atoms with Crippen molar-refractivity contribution in [1.29, 1.82) is 0 Å². The zero-order valence-corrected chi connectivity index (χ0v) is 12.0. The summed E-state index contributed by atoms with van der Waals surface area (Å²) in [4.78, 5) is 4.06. The summed E-state index contributed by atoms with van der Waals surface area (Å²) in [6, 6.07) is 6.67. The molecule has 1 aromatic carbocycles. The summed E-state index contributed by atoms with van der Waals surface area (Å²) >= 11 is 9.00. The van der Waals surface area contributed by atoms with Crippen LogP contribution < -0.4 is 5.32 Å². The van der Waals surface area contributed by atoms with E-state index < -0.39 is 5.82 Å². The van der Waals surface area contributed by atoms with Gasteiger partial charge in [-0.25, -0.2) is 4.39 Å². The van der Waals surface area contributed by atoms with Gasteiger partial charge in [-0.1, -0.05) is 17.7 Å². The van der Waals surface area contributed by atoms with Crippen molar-refractivity contribution in [3.63, 3.8) is 0 Å². The molecule has 1 unspecified atom stereocenters. The lowest BCUT2D eigenvalue weighted by Crippen LogP contribution is -2.07. The molecular formula is C13H11BrClFN2.